The van der Waals surface area contributed by atoms with Crippen molar-refractivity contribution in [2.75, 3.05) is 7.11 Å². The van der Waals surface area contributed by atoms with Crippen molar-refractivity contribution >= 4 is 23.4 Å². The number of nitrogens with zero attached hydrogens (tertiary/aromatic N) is 4. The molecule has 0 spiro atoms. The molecule has 0 unspecified atom stereocenters. The summed E-state index contributed by atoms with van der Waals surface area (Å²) in [7, 11) is 1.58. The van der Waals surface area contributed by atoms with Crippen LogP contribution < -0.4 is 10.3 Å². The number of H-pyrrole nitrogens is 1. The van der Waals surface area contributed by atoms with Crippen molar-refractivity contribution < 1.29 is 9.26 Å². The molecule has 1 N–H and O–H groups in total. The summed E-state index contributed by atoms with van der Waals surface area (Å²) in [5.74, 6) is 1.91. The highest BCUT2D eigenvalue weighted by atomic mass is 35.5. The molecule has 2 heterocycles. The Balaban J connectivity index is 1.44. The summed E-state index contributed by atoms with van der Waals surface area (Å²) in [5.41, 5.74) is 1.35. The fourth-order valence-electron chi connectivity index (χ4n) is 2.48. The zero-order valence-electron chi connectivity index (χ0n) is 15.1. The maximum atomic E-state index is 12.4. The molecule has 8 nitrogen and oxygen atoms in total. The molecule has 0 bridgehead atoms. The summed E-state index contributed by atoms with van der Waals surface area (Å²) < 4.78 is 10.4. The van der Waals surface area contributed by atoms with Crippen molar-refractivity contribution in [1.82, 2.24) is 25.3 Å². The number of thioether (sulfide) groups is 1. The molecule has 4 aromatic rings. The van der Waals surface area contributed by atoms with E-state index in [1.165, 1.54) is 11.8 Å². The second-order valence-electron chi connectivity index (χ2n) is 5.84. The largest absolute Gasteiger partial charge is 0.497 e. The van der Waals surface area contributed by atoms with E-state index in [4.69, 9.17) is 20.9 Å². The standard InChI is InChI=1S/C19H14ClN5O3S/c1-27-14-8-4-11(5-9-14)16-18(26)22-19(24-23-16)29-10-15-21-17(25-28-15)12-2-6-13(20)7-3-12/h2-9H,10H2,1H3,(H,22,24,26). The molecule has 2 aromatic carbocycles. The Kier molecular flexibility index (Phi) is 5.59. The fraction of sp³-hybridized carbons (Fsp3) is 0.105. The number of aromatic amines is 1. The number of ether oxygens (including phenoxy) is 1. The first kappa shape index (κ1) is 19.2. The molecule has 4 rings (SSSR count). The molecule has 0 aliphatic carbocycles. The normalized spacial score (nSPS) is 10.8. The first-order valence-electron chi connectivity index (χ1n) is 8.45. The van der Waals surface area contributed by atoms with Crippen LogP contribution in [0.1, 0.15) is 5.89 Å². The molecule has 2 aromatic heterocycles. The van der Waals surface area contributed by atoms with Gasteiger partial charge in [-0.15, -0.1) is 10.2 Å². The third-order valence-electron chi connectivity index (χ3n) is 3.94. The number of nitrogens with one attached hydrogen (secondary N) is 1. The maximum Gasteiger partial charge on any atom is 0.278 e. The number of rotatable bonds is 6. The van der Waals surface area contributed by atoms with Gasteiger partial charge in [0.1, 0.15) is 5.75 Å². The lowest BCUT2D eigenvalue weighted by Gasteiger charge is -2.03. The van der Waals surface area contributed by atoms with Crippen LogP contribution in [0.25, 0.3) is 22.6 Å². The summed E-state index contributed by atoms with van der Waals surface area (Å²) in [4.78, 5) is 19.4. The van der Waals surface area contributed by atoms with Gasteiger partial charge in [0, 0.05) is 16.1 Å². The number of aromatic nitrogens is 5. The predicted molar refractivity (Wildman–Crippen MR) is 109 cm³/mol. The van der Waals surface area contributed by atoms with Gasteiger partial charge in [0.2, 0.25) is 11.7 Å². The van der Waals surface area contributed by atoms with Crippen LogP contribution >= 0.6 is 23.4 Å². The van der Waals surface area contributed by atoms with Crippen LogP contribution in [0.3, 0.4) is 0 Å². The number of methoxy groups -OCH3 is 1. The van der Waals surface area contributed by atoms with Gasteiger partial charge in [-0.25, -0.2) is 0 Å². The SMILES string of the molecule is COc1ccc(-c2nnc(SCc3nc(-c4ccc(Cl)cc4)no3)[nH]c2=O)cc1. The van der Waals surface area contributed by atoms with Gasteiger partial charge in [-0.05, 0) is 48.5 Å². The second kappa shape index (κ2) is 8.46. The Morgan fingerprint density at radius 3 is 2.48 bits per heavy atom. The third-order valence-corrected chi connectivity index (χ3v) is 5.04. The molecule has 0 aliphatic heterocycles. The Bertz CT molecular complexity index is 1180. The zero-order valence-corrected chi connectivity index (χ0v) is 16.7. The Morgan fingerprint density at radius 2 is 1.79 bits per heavy atom. The van der Waals surface area contributed by atoms with Crippen molar-refractivity contribution in [1.29, 1.82) is 0 Å². The molecule has 0 atom stereocenters. The third kappa shape index (κ3) is 4.47. The number of halogens is 1. The van der Waals surface area contributed by atoms with Crippen molar-refractivity contribution in [3.8, 4) is 28.4 Å². The van der Waals surface area contributed by atoms with E-state index in [0.717, 1.165) is 5.56 Å². The highest BCUT2D eigenvalue weighted by Crippen LogP contribution is 2.22. The predicted octanol–water partition coefficient (Wildman–Crippen LogP) is 3.84. The lowest BCUT2D eigenvalue weighted by molar-refractivity contribution is 0.391. The van der Waals surface area contributed by atoms with Crippen LogP contribution in [-0.4, -0.2) is 32.4 Å². The van der Waals surface area contributed by atoms with Crippen LogP contribution in [0.2, 0.25) is 5.02 Å². The zero-order chi connectivity index (χ0) is 20.2. The molecule has 0 saturated heterocycles. The highest BCUT2D eigenvalue weighted by molar-refractivity contribution is 7.98. The number of hydrogen-bond donors (Lipinski definition) is 1. The van der Waals surface area contributed by atoms with E-state index >= 15 is 0 Å². The van der Waals surface area contributed by atoms with Gasteiger partial charge in [-0.3, -0.25) is 9.78 Å². The molecule has 10 heteroatoms. The monoisotopic (exact) mass is 427 g/mol. The summed E-state index contributed by atoms with van der Waals surface area (Å²) >= 11 is 7.13. The van der Waals surface area contributed by atoms with Gasteiger partial charge in [-0.1, -0.05) is 28.5 Å². The Hall–Kier alpha value is -3.17. The molecular weight excluding hydrogens is 414 g/mol. The Morgan fingerprint density at radius 1 is 1.07 bits per heavy atom. The minimum Gasteiger partial charge on any atom is -0.497 e. The van der Waals surface area contributed by atoms with Crippen molar-refractivity contribution in [3.05, 3.63) is 69.8 Å². The number of benzene rings is 2. The van der Waals surface area contributed by atoms with Crippen LogP contribution in [0.15, 0.2) is 63.0 Å². The van der Waals surface area contributed by atoms with Crippen molar-refractivity contribution in [2.45, 2.75) is 10.9 Å². The summed E-state index contributed by atoms with van der Waals surface area (Å²) in [6, 6.07) is 14.2. The first-order valence-corrected chi connectivity index (χ1v) is 9.81. The summed E-state index contributed by atoms with van der Waals surface area (Å²) in [5, 5.41) is 13.1. The Labute approximate surface area is 174 Å². The van der Waals surface area contributed by atoms with Crippen molar-refractivity contribution in [3.63, 3.8) is 0 Å². The van der Waals surface area contributed by atoms with E-state index < -0.39 is 0 Å². The topological polar surface area (TPSA) is 107 Å². The van der Waals surface area contributed by atoms with Crippen molar-refractivity contribution in [2.24, 2.45) is 0 Å². The lowest BCUT2D eigenvalue weighted by Crippen LogP contribution is -2.14. The average Bonchev–Trinajstić information content (AvgIpc) is 3.22. The molecule has 29 heavy (non-hydrogen) atoms. The van der Waals surface area contributed by atoms with Gasteiger partial charge < -0.3 is 9.26 Å². The van der Waals surface area contributed by atoms with E-state index in [9.17, 15) is 4.79 Å². The minimum atomic E-state index is -0.333. The molecule has 0 fully saturated rings. The van der Waals surface area contributed by atoms with Gasteiger partial charge in [0.15, 0.2) is 10.9 Å². The van der Waals surface area contributed by atoms with Gasteiger partial charge >= 0.3 is 0 Å². The van der Waals surface area contributed by atoms with E-state index in [1.807, 2.05) is 12.1 Å². The smallest absolute Gasteiger partial charge is 0.278 e. The summed E-state index contributed by atoms with van der Waals surface area (Å²) in [6.07, 6.45) is 0. The van der Waals surface area contributed by atoms with E-state index in [1.54, 1.807) is 43.5 Å². The fourth-order valence-corrected chi connectivity index (χ4v) is 3.25. The van der Waals surface area contributed by atoms with Crippen LogP contribution in [0.4, 0.5) is 0 Å². The van der Waals surface area contributed by atoms with Crippen LogP contribution in [0, 0.1) is 0 Å². The number of hydrogen-bond acceptors (Lipinski definition) is 8. The molecule has 0 amide bonds. The summed E-state index contributed by atoms with van der Waals surface area (Å²) in [6.45, 7) is 0. The van der Waals surface area contributed by atoms with Gasteiger partial charge in [-0.2, -0.15) is 4.98 Å². The van der Waals surface area contributed by atoms with Gasteiger partial charge in [0.25, 0.3) is 5.56 Å². The van der Waals surface area contributed by atoms with Crippen LogP contribution in [-0.2, 0) is 5.75 Å². The highest BCUT2D eigenvalue weighted by Gasteiger charge is 2.12. The maximum absolute atomic E-state index is 12.4. The second-order valence-corrected chi connectivity index (χ2v) is 7.24. The first-order chi connectivity index (χ1) is 14.1. The van der Waals surface area contributed by atoms with Gasteiger partial charge in [0.05, 0.1) is 12.9 Å². The molecule has 0 radical (unpaired) electrons. The molecule has 0 aliphatic rings. The lowest BCUT2D eigenvalue weighted by atomic mass is 10.1. The van der Waals surface area contributed by atoms with Crippen LogP contribution in [0.5, 0.6) is 5.75 Å². The molecule has 0 saturated carbocycles. The average molecular weight is 428 g/mol. The molecular formula is C19H14ClN5O3S. The van der Waals surface area contributed by atoms with E-state index in [0.29, 0.717) is 39.0 Å². The molecule has 146 valence electrons. The quantitative estimate of drug-likeness (QED) is 0.462. The van der Waals surface area contributed by atoms with E-state index in [2.05, 4.69) is 25.3 Å². The van der Waals surface area contributed by atoms with E-state index in [-0.39, 0.29) is 11.3 Å². The minimum absolute atomic E-state index is 0.236.